The molecular formula is C25H27NO8. The fraction of sp³-hybridized carbons (Fsp3) is 0.320. The van der Waals surface area contributed by atoms with Crippen molar-refractivity contribution in [1.29, 1.82) is 0 Å². The maximum absolute atomic E-state index is 12.8. The number of carboxylic acids is 1. The number of hydrogen-bond acceptors (Lipinski definition) is 7. The van der Waals surface area contributed by atoms with Crippen LogP contribution >= 0.6 is 0 Å². The van der Waals surface area contributed by atoms with E-state index in [4.69, 9.17) is 18.9 Å². The molecule has 0 aromatic heterocycles. The lowest BCUT2D eigenvalue weighted by Gasteiger charge is -2.20. The summed E-state index contributed by atoms with van der Waals surface area (Å²) in [6.07, 6.45) is 2.17. The highest BCUT2D eigenvalue weighted by atomic mass is 16.5. The molecule has 9 nitrogen and oxygen atoms in total. The number of carbonyl (C=O) groups excluding carboxylic acids is 2. The molecule has 9 heteroatoms. The van der Waals surface area contributed by atoms with Gasteiger partial charge in [0.25, 0.3) is 5.91 Å². The summed E-state index contributed by atoms with van der Waals surface area (Å²) in [5.41, 5.74) is 0.966. The van der Waals surface area contributed by atoms with Gasteiger partial charge >= 0.3 is 5.97 Å². The summed E-state index contributed by atoms with van der Waals surface area (Å²) in [6, 6.07) is 8.80. The van der Waals surface area contributed by atoms with E-state index in [0.29, 0.717) is 40.5 Å². The minimum atomic E-state index is -1.10. The van der Waals surface area contributed by atoms with Crippen LogP contribution in [0.4, 0.5) is 0 Å². The van der Waals surface area contributed by atoms with Crippen molar-refractivity contribution in [2.45, 2.75) is 26.3 Å². The van der Waals surface area contributed by atoms with Crippen molar-refractivity contribution >= 4 is 23.7 Å². The first-order chi connectivity index (χ1) is 16.3. The second-order valence-corrected chi connectivity index (χ2v) is 7.76. The van der Waals surface area contributed by atoms with Crippen LogP contribution in [0.25, 0.3) is 6.08 Å². The van der Waals surface area contributed by atoms with E-state index in [9.17, 15) is 19.5 Å². The van der Waals surface area contributed by atoms with Crippen LogP contribution in [0.1, 0.15) is 36.2 Å². The molecule has 2 N–H and O–H groups in total. The topological polar surface area (TPSA) is 120 Å². The number of aliphatic carboxylic acids is 1. The van der Waals surface area contributed by atoms with Gasteiger partial charge < -0.3 is 29.4 Å². The molecule has 0 radical (unpaired) electrons. The standard InChI is InChI=1S/C25H27NO8/c1-5-14(2)23(25(29)30)26-22(27)13-33-17-6-8-18-20(12-17)34-21(24(18)28)11-15-10-16(31-3)7-9-19(15)32-4/h6-12,14,23H,5,13H2,1-4H3,(H,26,27)(H,29,30)/b21-11+/t14-,23+/m1/s1. The maximum atomic E-state index is 12.8. The SMILES string of the molecule is CC[C@@H](C)[C@H](NC(=O)COc1ccc2c(c1)O/C(=C/c1cc(OC)ccc1OC)C2=O)C(=O)O. The van der Waals surface area contributed by atoms with Crippen LogP contribution in [0.2, 0.25) is 0 Å². The Bertz CT molecular complexity index is 1120. The van der Waals surface area contributed by atoms with Crippen LogP contribution in [-0.2, 0) is 9.59 Å². The summed E-state index contributed by atoms with van der Waals surface area (Å²) in [7, 11) is 3.07. The zero-order valence-electron chi connectivity index (χ0n) is 19.4. The largest absolute Gasteiger partial charge is 0.497 e. The van der Waals surface area contributed by atoms with Gasteiger partial charge in [-0.15, -0.1) is 0 Å². The molecule has 2 atom stereocenters. The van der Waals surface area contributed by atoms with E-state index in [1.54, 1.807) is 50.4 Å². The Labute approximate surface area is 197 Å². The summed E-state index contributed by atoms with van der Waals surface area (Å²) >= 11 is 0. The Hall–Kier alpha value is -4.01. The first-order valence-electron chi connectivity index (χ1n) is 10.7. The highest BCUT2D eigenvalue weighted by molar-refractivity contribution is 6.14. The average Bonchev–Trinajstić information content (AvgIpc) is 3.14. The van der Waals surface area contributed by atoms with Gasteiger partial charge in [0.15, 0.2) is 12.4 Å². The van der Waals surface area contributed by atoms with Crippen LogP contribution < -0.4 is 24.3 Å². The van der Waals surface area contributed by atoms with Gasteiger partial charge in [0.05, 0.1) is 19.8 Å². The minimum absolute atomic E-state index is 0.106. The number of rotatable bonds is 10. The Balaban J connectivity index is 1.71. The lowest BCUT2D eigenvalue weighted by Crippen LogP contribution is -2.46. The van der Waals surface area contributed by atoms with Crippen molar-refractivity contribution in [2.75, 3.05) is 20.8 Å². The number of carboxylic acid groups (broad SMARTS) is 1. The molecular weight excluding hydrogens is 442 g/mol. The normalized spacial score (nSPS) is 15.2. The van der Waals surface area contributed by atoms with E-state index in [-0.39, 0.29) is 24.1 Å². The first-order valence-corrected chi connectivity index (χ1v) is 10.7. The number of benzene rings is 2. The number of fused-ring (bicyclic) bond motifs is 1. The minimum Gasteiger partial charge on any atom is -0.497 e. The highest BCUT2D eigenvalue weighted by Crippen LogP contribution is 2.36. The van der Waals surface area contributed by atoms with Crippen LogP contribution in [0.15, 0.2) is 42.2 Å². The predicted molar refractivity (Wildman–Crippen MR) is 123 cm³/mol. The average molecular weight is 469 g/mol. The molecule has 0 bridgehead atoms. The fourth-order valence-electron chi connectivity index (χ4n) is 3.40. The summed E-state index contributed by atoms with van der Waals surface area (Å²) in [6.45, 7) is 3.22. The van der Waals surface area contributed by atoms with Crippen LogP contribution in [0.3, 0.4) is 0 Å². The Morgan fingerprint density at radius 3 is 2.50 bits per heavy atom. The van der Waals surface area contributed by atoms with Crippen LogP contribution in [0.5, 0.6) is 23.0 Å². The molecule has 180 valence electrons. The molecule has 34 heavy (non-hydrogen) atoms. The van der Waals surface area contributed by atoms with Gasteiger partial charge in [0.2, 0.25) is 5.78 Å². The molecule has 1 amide bonds. The lowest BCUT2D eigenvalue weighted by atomic mass is 9.99. The maximum Gasteiger partial charge on any atom is 0.326 e. The molecule has 0 unspecified atom stereocenters. The van der Waals surface area contributed by atoms with Crippen molar-refractivity contribution in [3.63, 3.8) is 0 Å². The Kier molecular flexibility index (Phi) is 7.78. The summed E-state index contributed by atoms with van der Waals surface area (Å²) in [5, 5.41) is 11.8. The summed E-state index contributed by atoms with van der Waals surface area (Å²) < 4.78 is 21.8. The summed E-state index contributed by atoms with van der Waals surface area (Å²) in [4.78, 5) is 36.4. The zero-order valence-corrected chi connectivity index (χ0v) is 19.4. The molecule has 2 aromatic rings. The van der Waals surface area contributed by atoms with Crippen molar-refractivity contribution in [2.24, 2.45) is 5.92 Å². The number of carbonyl (C=O) groups is 3. The molecule has 0 aliphatic carbocycles. The monoisotopic (exact) mass is 469 g/mol. The van der Waals surface area contributed by atoms with E-state index >= 15 is 0 Å². The number of Topliss-reactive ketones (excluding diaryl/α,β-unsaturated/α-hetero) is 1. The highest BCUT2D eigenvalue weighted by Gasteiger charge is 2.29. The number of allylic oxidation sites excluding steroid dienone is 1. The van der Waals surface area contributed by atoms with Gasteiger partial charge in [-0.2, -0.15) is 0 Å². The predicted octanol–water partition coefficient (Wildman–Crippen LogP) is 3.31. The number of methoxy groups -OCH3 is 2. The third-order valence-corrected chi connectivity index (χ3v) is 5.53. The molecule has 0 spiro atoms. The van der Waals surface area contributed by atoms with Gasteiger partial charge in [-0.3, -0.25) is 9.59 Å². The number of hydrogen-bond donors (Lipinski definition) is 2. The van der Waals surface area contributed by atoms with Crippen molar-refractivity contribution in [3.8, 4) is 23.0 Å². The van der Waals surface area contributed by atoms with Crippen molar-refractivity contribution < 1.29 is 38.4 Å². The van der Waals surface area contributed by atoms with Gasteiger partial charge in [0, 0.05) is 11.6 Å². The molecule has 1 heterocycles. The first kappa shape index (κ1) is 24.6. The third kappa shape index (κ3) is 5.48. The number of nitrogens with one attached hydrogen (secondary N) is 1. The molecule has 3 rings (SSSR count). The Morgan fingerprint density at radius 1 is 1.12 bits per heavy atom. The Morgan fingerprint density at radius 2 is 1.85 bits per heavy atom. The van der Waals surface area contributed by atoms with Gasteiger partial charge in [-0.25, -0.2) is 4.79 Å². The second-order valence-electron chi connectivity index (χ2n) is 7.76. The molecule has 0 saturated carbocycles. The van der Waals surface area contributed by atoms with E-state index < -0.39 is 17.9 Å². The second kappa shape index (κ2) is 10.7. The van der Waals surface area contributed by atoms with E-state index in [1.165, 1.54) is 13.2 Å². The van der Waals surface area contributed by atoms with Crippen molar-refractivity contribution in [3.05, 3.63) is 53.3 Å². The zero-order chi connectivity index (χ0) is 24.8. The van der Waals surface area contributed by atoms with Crippen LogP contribution in [-0.4, -0.2) is 49.6 Å². The molecule has 1 aliphatic rings. The van der Waals surface area contributed by atoms with E-state index in [0.717, 1.165) is 0 Å². The molecule has 2 aromatic carbocycles. The molecule has 0 saturated heterocycles. The molecule has 0 fully saturated rings. The van der Waals surface area contributed by atoms with Crippen LogP contribution in [0, 0.1) is 5.92 Å². The smallest absolute Gasteiger partial charge is 0.326 e. The van der Waals surface area contributed by atoms with Gasteiger partial charge in [-0.1, -0.05) is 20.3 Å². The molecule has 1 aliphatic heterocycles. The number of amides is 1. The van der Waals surface area contributed by atoms with E-state index in [1.807, 2.05) is 6.92 Å². The third-order valence-electron chi connectivity index (χ3n) is 5.53. The summed E-state index contributed by atoms with van der Waals surface area (Å²) in [5.74, 6) is -0.340. The quantitative estimate of drug-likeness (QED) is 0.509. The van der Waals surface area contributed by atoms with Gasteiger partial charge in [-0.05, 0) is 42.3 Å². The lowest BCUT2D eigenvalue weighted by molar-refractivity contribution is -0.143. The number of ketones is 1. The van der Waals surface area contributed by atoms with Gasteiger partial charge in [0.1, 0.15) is 29.0 Å². The van der Waals surface area contributed by atoms with E-state index in [2.05, 4.69) is 5.32 Å². The number of ether oxygens (including phenoxy) is 4. The fourth-order valence-corrected chi connectivity index (χ4v) is 3.40. The van der Waals surface area contributed by atoms with Crippen molar-refractivity contribution in [1.82, 2.24) is 5.32 Å².